The molecule has 1 saturated heterocycles. The van der Waals surface area contributed by atoms with E-state index in [1.165, 1.54) is 16.6 Å². The average molecular weight is 272 g/mol. The number of hydrogen-bond acceptors (Lipinski definition) is 4. The van der Waals surface area contributed by atoms with Crippen LogP contribution < -0.4 is 5.32 Å². The van der Waals surface area contributed by atoms with E-state index in [1.54, 1.807) is 14.0 Å². The number of sulfonamides is 1. The Bertz CT molecular complexity index is 539. The molecule has 1 atom stereocenters. The minimum atomic E-state index is -3.57. The zero-order valence-electron chi connectivity index (χ0n) is 10.3. The van der Waals surface area contributed by atoms with Crippen molar-refractivity contribution in [3.63, 3.8) is 0 Å². The molecule has 1 aliphatic heterocycles. The number of aromatic nitrogens is 2. The van der Waals surface area contributed by atoms with Gasteiger partial charge < -0.3 is 5.32 Å². The maximum atomic E-state index is 12.2. The van der Waals surface area contributed by atoms with Crippen molar-refractivity contribution in [2.24, 2.45) is 5.41 Å². The van der Waals surface area contributed by atoms with E-state index in [0.29, 0.717) is 13.0 Å². The van der Waals surface area contributed by atoms with Crippen LogP contribution in [0.4, 0.5) is 0 Å². The highest BCUT2D eigenvalue weighted by molar-refractivity contribution is 7.89. The molecule has 0 radical (unpaired) electrons. The summed E-state index contributed by atoms with van der Waals surface area (Å²) in [5.41, 5.74) is -0.665. The minimum Gasteiger partial charge on any atom is -0.359 e. The summed E-state index contributed by atoms with van der Waals surface area (Å²) >= 11 is 0. The molecule has 2 heterocycles. The Hall–Kier alpha value is -1.41. The summed E-state index contributed by atoms with van der Waals surface area (Å²) in [4.78, 5) is 11.7. The SMILES string of the molecule is CNC(=O)C1(C)CCN(S(=O)(=O)c2ccn[nH]2)C1. The predicted octanol–water partition coefficient (Wildman–Crippen LogP) is -0.444. The van der Waals surface area contributed by atoms with Gasteiger partial charge in [0, 0.05) is 20.1 Å². The van der Waals surface area contributed by atoms with E-state index in [1.807, 2.05) is 0 Å². The highest BCUT2D eigenvalue weighted by Crippen LogP contribution is 2.33. The first-order valence-electron chi connectivity index (χ1n) is 5.62. The van der Waals surface area contributed by atoms with Gasteiger partial charge in [-0.1, -0.05) is 0 Å². The van der Waals surface area contributed by atoms with E-state index in [4.69, 9.17) is 0 Å². The van der Waals surface area contributed by atoms with Crippen molar-refractivity contribution in [2.45, 2.75) is 18.4 Å². The monoisotopic (exact) mass is 272 g/mol. The first-order valence-corrected chi connectivity index (χ1v) is 7.06. The molecule has 0 saturated carbocycles. The van der Waals surface area contributed by atoms with Crippen LogP contribution in [0.3, 0.4) is 0 Å². The largest absolute Gasteiger partial charge is 0.359 e. The Morgan fingerprint density at radius 3 is 2.89 bits per heavy atom. The van der Waals surface area contributed by atoms with Crippen molar-refractivity contribution in [1.29, 1.82) is 0 Å². The molecule has 1 amide bonds. The van der Waals surface area contributed by atoms with E-state index in [-0.39, 0.29) is 17.5 Å². The van der Waals surface area contributed by atoms with Gasteiger partial charge in [0.25, 0.3) is 10.0 Å². The predicted molar refractivity (Wildman–Crippen MR) is 64.1 cm³/mol. The quantitative estimate of drug-likeness (QED) is 0.779. The number of H-pyrrole nitrogens is 1. The third-order valence-electron chi connectivity index (χ3n) is 3.31. The average Bonchev–Trinajstić information content (AvgIpc) is 2.97. The van der Waals surface area contributed by atoms with Crippen molar-refractivity contribution >= 4 is 15.9 Å². The number of nitrogens with one attached hydrogen (secondary N) is 2. The molecule has 18 heavy (non-hydrogen) atoms. The van der Waals surface area contributed by atoms with Crippen molar-refractivity contribution in [3.05, 3.63) is 12.3 Å². The molecule has 1 aliphatic rings. The van der Waals surface area contributed by atoms with Crippen LogP contribution in [-0.4, -0.2) is 49.0 Å². The van der Waals surface area contributed by atoms with Crippen molar-refractivity contribution in [1.82, 2.24) is 19.8 Å². The summed E-state index contributed by atoms with van der Waals surface area (Å²) in [6, 6.07) is 1.41. The van der Waals surface area contributed by atoms with Gasteiger partial charge in [-0.25, -0.2) is 8.42 Å². The summed E-state index contributed by atoms with van der Waals surface area (Å²) in [6.07, 6.45) is 1.90. The van der Waals surface area contributed by atoms with Crippen LogP contribution in [0.5, 0.6) is 0 Å². The second-order valence-electron chi connectivity index (χ2n) is 4.65. The normalized spacial score (nSPS) is 25.2. The molecule has 1 unspecified atom stereocenters. The minimum absolute atomic E-state index is 0.0589. The Morgan fingerprint density at radius 2 is 2.33 bits per heavy atom. The lowest BCUT2D eigenvalue weighted by Gasteiger charge is -2.22. The molecule has 0 spiro atoms. The van der Waals surface area contributed by atoms with Crippen molar-refractivity contribution in [3.8, 4) is 0 Å². The van der Waals surface area contributed by atoms with Gasteiger partial charge in [0.05, 0.1) is 11.6 Å². The van der Waals surface area contributed by atoms with Gasteiger partial charge >= 0.3 is 0 Å². The zero-order chi connectivity index (χ0) is 13.4. The van der Waals surface area contributed by atoms with Crippen molar-refractivity contribution in [2.75, 3.05) is 20.1 Å². The first kappa shape index (κ1) is 13.0. The molecule has 2 rings (SSSR count). The second kappa shape index (κ2) is 4.36. The lowest BCUT2D eigenvalue weighted by Crippen LogP contribution is -2.40. The Balaban J connectivity index is 2.22. The molecular formula is C10H16N4O3S. The number of nitrogens with zero attached hydrogens (tertiary/aromatic N) is 2. The highest BCUT2D eigenvalue weighted by atomic mass is 32.2. The fraction of sp³-hybridized carbons (Fsp3) is 0.600. The lowest BCUT2D eigenvalue weighted by atomic mass is 9.89. The Morgan fingerprint density at radius 1 is 1.61 bits per heavy atom. The number of rotatable bonds is 3. The van der Waals surface area contributed by atoms with Gasteiger partial charge in [0.2, 0.25) is 5.91 Å². The van der Waals surface area contributed by atoms with Gasteiger partial charge in [-0.2, -0.15) is 9.40 Å². The summed E-state index contributed by atoms with van der Waals surface area (Å²) in [5.74, 6) is -0.134. The smallest absolute Gasteiger partial charge is 0.259 e. The zero-order valence-corrected chi connectivity index (χ0v) is 11.1. The molecule has 7 nitrogen and oxygen atoms in total. The third kappa shape index (κ3) is 2.01. The molecule has 0 aromatic carbocycles. The Kier molecular flexibility index (Phi) is 3.16. The van der Waals surface area contributed by atoms with E-state index in [0.717, 1.165) is 0 Å². The van der Waals surface area contributed by atoms with Gasteiger partial charge in [0.15, 0.2) is 5.03 Å². The topological polar surface area (TPSA) is 95.2 Å². The molecule has 2 N–H and O–H groups in total. The number of amides is 1. The highest BCUT2D eigenvalue weighted by Gasteiger charge is 2.44. The van der Waals surface area contributed by atoms with Gasteiger partial charge in [0.1, 0.15) is 0 Å². The fourth-order valence-corrected chi connectivity index (χ4v) is 3.60. The van der Waals surface area contributed by atoms with E-state index >= 15 is 0 Å². The van der Waals surface area contributed by atoms with Crippen LogP contribution in [0, 0.1) is 5.41 Å². The van der Waals surface area contributed by atoms with Crippen LogP contribution in [0.1, 0.15) is 13.3 Å². The second-order valence-corrected chi connectivity index (χ2v) is 6.56. The van der Waals surface area contributed by atoms with Gasteiger partial charge in [-0.05, 0) is 19.4 Å². The molecule has 1 aromatic rings. The van der Waals surface area contributed by atoms with Crippen LogP contribution in [0.2, 0.25) is 0 Å². The standard InChI is InChI=1S/C10H16N4O3S/c1-10(9(15)11-2)4-6-14(7-10)18(16,17)8-3-5-12-13-8/h3,5H,4,6-7H2,1-2H3,(H,11,15)(H,12,13). The maximum Gasteiger partial charge on any atom is 0.259 e. The number of hydrogen-bond donors (Lipinski definition) is 2. The molecule has 0 bridgehead atoms. The first-order chi connectivity index (χ1) is 8.40. The number of aromatic amines is 1. The summed E-state index contributed by atoms with van der Waals surface area (Å²) in [5, 5.41) is 8.71. The van der Waals surface area contributed by atoms with E-state index in [9.17, 15) is 13.2 Å². The molecule has 0 aliphatic carbocycles. The lowest BCUT2D eigenvalue weighted by molar-refractivity contribution is -0.128. The molecule has 100 valence electrons. The van der Waals surface area contributed by atoms with Crippen molar-refractivity contribution < 1.29 is 13.2 Å². The third-order valence-corrected chi connectivity index (χ3v) is 5.08. The van der Waals surface area contributed by atoms with Gasteiger partial charge in [-0.3, -0.25) is 9.89 Å². The molecule has 8 heteroatoms. The summed E-state index contributed by atoms with van der Waals surface area (Å²) < 4.78 is 25.7. The van der Waals surface area contributed by atoms with Crippen LogP contribution in [-0.2, 0) is 14.8 Å². The molecule has 1 aromatic heterocycles. The summed E-state index contributed by atoms with van der Waals surface area (Å²) in [7, 11) is -2.02. The number of carbonyl (C=O) groups is 1. The van der Waals surface area contributed by atoms with Crippen LogP contribution in [0.15, 0.2) is 17.3 Å². The van der Waals surface area contributed by atoms with E-state index in [2.05, 4.69) is 15.5 Å². The van der Waals surface area contributed by atoms with Crippen LogP contribution >= 0.6 is 0 Å². The van der Waals surface area contributed by atoms with E-state index < -0.39 is 15.4 Å². The van der Waals surface area contributed by atoms with Crippen LogP contribution in [0.25, 0.3) is 0 Å². The Labute approximate surface area is 106 Å². The molecular weight excluding hydrogens is 256 g/mol. The number of carbonyl (C=O) groups excluding carboxylic acids is 1. The molecule has 1 fully saturated rings. The maximum absolute atomic E-state index is 12.2. The van der Waals surface area contributed by atoms with Gasteiger partial charge in [-0.15, -0.1) is 0 Å². The summed E-state index contributed by atoms with van der Waals surface area (Å²) in [6.45, 7) is 2.30. The fourth-order valence-electron chi connectivity index (χ4n) is 2.14.